The second kappa shape index (κ2) is 5.49. The number of nitrogens with zero attached hydrogens (tertiary/aromatic N) is 1. The summed E-state index contributed by atoms with van der Waals surface area (Å²) in [4.78, 5) is 4.16. The lowest BCUT2D eigenvalue weighted by atomic mass is 9.99. The van der Waals surface area contributed by atoms with Crippen LogP contribution in [0.25, 0.3) is 6.08 Å². The van der Waals surface area contributed by atoms with Crippen LogP contribution in [0, 0.1) is 6.92 Å². The standard InChI is InChI=1S/C16H14F3N/c1-3-15-9-13(11(2)10-20-15)7-12-5-4-6-14(8-12)16(17,18)19/h3-6,8-10H,1,7H2,2H3. The summed E-state index contributed by atoms with van der Waals surface area (Å²) in [6.45, 7) is 5.54. The summed E-state index contributed by atoms with van der Waals surface area (Å²) in [7, 11) is 0. The quantitative estimate of drug-likeness (QED) is 0.796. The van der Waals surface area contributed by atoms with Crippen LogP contribution in [-0.4, -0.2) is 4.98 Å². The first-order valence-electron chi connectivity index (χ1n) is 6.14. The third kappa shape index (κ3) is 3.26. The SMILES string of the molecule is C=Cc1cc(Cc2cccc(C(F)(F)F)c2)c(C)cn1. The summed E-state index contributed by atoms with van der Waals surface area (Å²) >= 11 is 0. The minimum Gasteiger partial charge on any atom is -0.257 e. The van der Waals surface area contributed by atoms with E-state index in [1.54, 1.807) is 18.3 Å². The van der Waals surface area contributed by atoms with E-state index in [1.807, 2.05) is 13.0 Å². The number of aromatic nitrogens is 1. The number of aryl methyl sites for hydroxylation is 1. The molecule has 0 saturated heterocycles. The monoisotopic (exact) mass is 277 g/mol. The second-order valence-corrected chi connectivity index (χ2v) is 4.61. The molecule has 0 aliphatic rings. The number of alkyl halides is 3. The van der Waals surface area contributed by atoms with Crippen LogP contribution in [0.4, 0.5) is 13.2 Å². The minimum absolute atomic E-state index is 0.444. The van der Waals surface area contributed by atoms with Gasteiger partial charge in [0.1, 0.15) is 0 Å². The van der Waals surface area contributed by atoms with Crippen LogP contribution in [0.5, 0.6) is 0 Å². The van der Waals surface area contributed by atoms with Crippen LogP contribution in [0.2, 0.25) is 0 Å². The van der Waals surface area contributed by atoms with Gasteiger partial charge >= 0.3 is 6.18 Å². The number of pyridine rings is 1. The van der Waals surface area contributed by atoms with Gasteiger partial charge in [-0.25, -0.2) is 0 Å². The molecule has 2 rings (SSSR count). The molecule has 0 bridgehead atoms. The van der Waals surface area contributed by atoms with Gasteiger partial charge in [-0.2, -0.15) is 13.2 Å². The van der Waals surface area contributed by atoms with Crippen LogP contribution in [0.3, 0.4) is 0 Å². The Balaban J connectivity index is 2.33. The molecule has 1 nitrogen and oxygen atoms in total. The molecule has 20 heavy (non-hydrogen) atoms. The van der Waals surface area contributed by atoms with Crippen molar-refractivity contribution in [1.82, 2.24) is 4.98 Å². The van der Waals surface area contributed by atoms with Gasteiger partial charge in [-0.05, 0) is 48.2 Å². The molecule has 0 aliphatic carbocycles. The molecule has 104 valence electrons. The van der Waals surface area contributed by atoms with Gasteiger partial charge in [-0.3, -0.25) is 4.98 Å². The molecule has 0 atom stereocenters. The predicted octanol–water partition coefficient (Wildman–Crippen LogP) is 4.64. The number of hydrogen-bond acceptors (Lipinski definition) is 1. The highest BCUT2D eigenvalue weighted by molar-refractivity contribution is 5.45. The average Bonchev–Trinajstić information content (AvgIpc) is 2.41. The summed E-state index contributed by atoms with van der Waals surface area (Å²) in [5.41, 5.74) is 2.63. The normalized spacial score (nSPS) is 11.4. The van der Waals surface area contributed by atoms with Gasteiger partial charge in [0.15, 0.2) is 0 Å². The van der Waals surface area contributed by atoms with Crippen LogP contribution < -0.4 is 0 Å². The fourth-order valence-electron chi connectivity index (χ4n) is 1.96. The second-order valence-electron chi connectivity index (χ2n) is 4.61. The topological polar surface area (TPSA) is 12.9 Å². The van der Waals surface area contributed by atoms with E-state index >= 15 is 0 Å². The van der Waals surface area contributed by atoms with Crippen molar-refractivity contribution in [2.75, 3.05) is 0 Å². The van der Waals surface area contributed by atoms with E-state index in [2.05, 4.69) is 11.6 Å². The van der Waals surface area contributed by atoms with E-state index in [9.17, 15) is 13.2 Å². The van der Waals surface area contributed by atoms with Crippen molar-refractivity contribution in [2.24, 2.45) is 0 Å². The van der Waals surface area contributed by atoms with Crippen LogP contribution in [0.15, 0.2) is 43.1 Å². The van der Waals surface area contributed by atoms with E-state index < -0.39 is 11.7 Å². The van der Waals surface area contributed by atoms with Crippen LogP contribution in [0.1, 0.15) is 27.9 Å². The van der Waals surface area contributed by atoms with Crippen molar-refractivity contribution in [3.8, 4) is 0 Å². The maximum absolute atomic E-state index is 12.7. The number of benzene rings is 1. The van der Waals surface area contributed by atoms with Crippen molar-refractivity contribution in [3.05, 3.63) is 71.1 Å². The van der Waals surface area contributed by atoms with E-state index in [-0.39, 0.29) is 0 Å². The average molecular weight is 277 g/mol. The highest BCUT2D eigenvalue weighted by Gasteiger charge is 2.30. The number of halogens is 3. The van der Waals surface area contributed by atoms with Crippen molar-refractivity contribution in [1.29, 1.82) is 0 Å². The molecule has 1 aromatic carbocycles. The fourth-order valence-corrected chi connectivity index (χ4v) is 1.96. The first kappa shape index (κ1) is 14.3. The Labute approximate surface area is 115 Å². The molecule has 0 aliphatic heterocycles. The summed E-state index contributed by atoms with van der Waals surface area (Å²) < 4.78 is 38.0. The van der Waals surface area contributed by atoms with Gasteiger partial charge < -0.3 is 0 Å². The number of hydrogen-bond donors (Lipinski definition) is 0. The number of rotatable bonds is 3. The van der Waals surface area contributed by atoms with Crippen molar-refractivity contribution in [2.45, 2.75) is 19.5 Å². The molecule has 0 saturated carbocycles. The van der Waals surface area contributed by atoms with E-state index in [0.717, 1.165) is 22.9 Å². The molecule has 0 amide bonds. The van der Waals surface area contributed by atoms with E-state index in [0.29, 0.717) is 12.0 Å². The molecule has 0 unspecified atom stereocenters. The first-order valence-corrected chi connectivity index (χ1v) is 6.14. The Morgan fingerprint density at radius 1 is 1.25 bits per heavy atom. The third-order valence-corrected chi connectivity index (χ3v) is 3.09. The lowest BCUT2D eigenvalue weighted by Gasteiger charge is -2.10. The highest BCUT2D eigenvalue weighted by Crippen LogP contribution is 2.30. The summed E-state index contributed by atoms with van der Waals surface area (Å²) in [5.74, 6) is 0. The summed E-state index contributed by atoms with van der Waals surface area (Å²) in [6, 6.07) is 7.25. The zero-order valence-corrected chi connectivity index (χ0v) is 11.0. The molecule has 0 N–H and O–H groups in total. The van der Waals surface area contributed by atoms with Gasteiger partial charge in [0.05, 0.1) is 11.3 Å². The highest BCUT2D eigenvalue weighted by atomic mass is 19.4. The van der Waals surface area contributed by atoms with E-state index in [1.165, 1.54) is 12.1 Å². The third-order valence-electron chi connectivity index (χ3n) is 3.09. The maximum Gasteiger partial charge on any atom is 0.416 e. The Morgan fingerprint density at radius 2 is 2.00 bits per heavy atom. The minimum atomic E-state index is -4.31. The Bertz CT molecular complexity index is 630. The Kier molecular flexibility index (Phi) is 3.93. The van der Waals surface area contributed by atoms with Crippen molar-refractivity contribution in [3.63, 3.8) is 0 Å². The zero-order chi connectivity index (χ0) is 14.8. The Hall–Kier alpha value is -2.10. The van der Waals surface area contributed by atoms with Crippen LogP contribution in [-0.2, 0) is 12.6 Å². The van der Waals surface area contributed by atoms with Gasteiger partial charge in [0.25, 0.3) is 0 Å². The van der Waals surface area contributed by atoms with Gasteiger partial charge in [-0.1, -0.05) is 24.8 Å². The molecular formula is C16H14F3N. The first-order chi connectivity index (χ1) is 9.40. The Morgan fingerprint density at radius 3 is 2.65 bits per heavy atom. The zero-order valence-electron chi connectivity index (χ0n) is 11.0. The van der Waals surface area contributed by atoms with Gasteiger partial charge in [0.2, 0.25) is 0 Å². The van der Waals surface area contributed by atoms with Crippen LogP contribution >= 0.6 is 0 Å². The van der Waals surface area contributed by atoms with Crippen molar-refractivity contribution >= 4 is 6.08 Å². The molecule has 1 heterocycles. The lowest BCUT2D eigenvalue weighted by molar-refractivity contribution is -0.137. The molecule has 0 radical (unpaired) electrons. The largest absolute Gasteiger partial charge is 0.416 e. The summed E-state index contributed by atoms with van der Waals surface area (Å²) in [6.07, 6.45) is -0.538. The fraction of sp³-hybridized carbons (Fsp3) is 0.188. The van der Waals surface area contributed by atoms with Crippen molar-refractivity contribution < 1.29 is 13.2 Å². The van der Waals surface area contributed by atoms with Gasteiger partial charge in [-0.15, -0.1) is 0 Å². The molecule has 0 spiro atoms. The lowest BCUT2D eigenvalue weighted by Crippen LogP contribution is -2.05. The van der Waals surface area contributed by atoms with E-state index in [4.69, 9.17) is 0 Å². The molecule has 4 heteroatoms. The van der Waals surface area contributed by atoms with Gasteiger partial charge in [0, 0.05) is 6.20 Å². The molecule has 0 fully saturated rings. The predicted molar refractivity (Wildman–Crippen MR) is 73.3 cm³/mol. The summed E-state index contributed by atoms with van der Waals surface area (Å²) in [5, 5.41) is 0. The molecule has 1 aromatic heterocycles. The smallest absolute Gasteiger partial charge is 0.257 e. The molecule has 2 aromatic rings. The molecular weight excluding hydrogens is 263 g/mol. The maximum atomic E-state index is 12.7.